The van der Waals surface area contributed by atoms with Crippen LogP contribution in [0.5, 0.6) is 5.75 Å². The third-order valence-electron chi connectivity index (χ3n) is 4.97. The lowest BCUT2D eigenvalue weighted by atomic mass is 10.2. The second-order valence-corrected chi connectivity index (χ2v) is 14.9. The van der Waals surface area contributed by atoms with E-state index >= 15 is 0 Å². The number of ether oxygens (including phenoxy) is 2. The van der Waals surface area contributed by atoms with E-state index in [0.717, 1.165) is 10.8 Å². The average molecular weight is 438 g/mol. The lowest BCUT2D eigenvalue weighted by Crippen LogP contribution is -2.49. The molecule has 29 heavy (non-hydrogen) atoms. The Hall–Kier alpha value is -1.63. The van der Waals surface area contributed by atoms with Crippen molar-refractivity contribution >= 4 is 36.7 Å². The molecule has 0 N–H and O–H groups in total. The predicted molar refractivity (Wildman–Crippen MR) is 120 cm³/mol. The summed E-state index contributed by atoms with van der Waals surface area (Å²) in [5.74, 6) is 0.227. The zero-order valence-electron chi connectivity index (χ0n) is 18.6. The van der Waals surface area contributed by atoms with Gasteiger partial charge in [-0.1, -0.05) is 38.4 Å². The van der Waals surface area contributed by atoms with E-state index in [1.54, 1.807) is 12.3 Å². The summed E-state index contributed by atoms with van der Waals surface area (Å²) in [6.45, 7) is 16.2. The second-order valence-electron chi connectivity index (χ2n) is 9.73. The highest BCUT2D eigenvalue weighted by Gasteiger charge is 2.42. The first-order chi connectivity index (χ1) is 13.2. The van der Waals surface area contributed by atoms with E-state index in [9.17, 15) is 4.79 Å². The van der Waals surface area contributed by atoms with Gasteiger partial charge in [-0.2, -0.15) is 0 Å². The molecular formula is C22H32ClNO4Si. The van der Waals surface area contributed by atoms with E-state index in [4.69, 9.17) is 25.5 Å². The summed E-state index contributed by atoms with van der Waals surface area (Å²) in [4.78, 5) is 16.9. The minimum atomic E-state index is -2.20. The molecule has 0 saturated heterocycles. The van der Waals surface area contributed by atoms with Crippen molar-refractivity contribution in [3.63, 3.8) is 0 Å². The van der Waals surface area contributed by atoms with Gasteiger partial charge in [0.15, 0.2) is 14.4 Å². The van der Waals surface area contributed by atoms with Crippen LogP contribution in [0.15, 0.2) is 30.5 Å². The fraction of sp³-hybridized carbons (Fsp3) is 0.545. The molecule has 1 heterocycles. The Bertz CT molecular complexity index is 871. The molecule has 1 aromatic heterocycles. The largest absolute Gasteiger partial charge is 0.490 e. The highest BCUT2D eigenvalue weighted by Crippen LogP contribution is 2.37. The van der Waals surface area contributed by atoms with Crippen LogP contribution < -0.4 is 4.74 Å². The number of fused-ring (bicyclic) bond motifs is 1. The van der Waals surface area contributed by atoms with Gasteiger partial charge in [-0.15, -0.1) is 0 Å². The first-order valence-corrected chi connectivity index (χ1v) is 13.1. The third-order valence-corrected chi connectivity index (χ3v) is 9.67. The van der Waals surface area contributed by atoms with Crippen LogP contribution in [-0.4, -0.2) is 37.6 Å². The molecule has 0 aliphatic rings. The lowest BCUT2D eigenvalue weighted by molar-refractivity contribution is -0.165. The minimum Gasteiger partial charge on any atom is -0.490 e. The number of benzene rings is 1. The molecule has 1 atom stereocenters. The van der Waals surface area contributed by atoms with Crippen LogP contribution >= 0.6 is 11.6 Å². The van der Waals surface area contributed by atoms with Gasteiger partial charge in [0.2, 0.25) is 0 Å². The Morgan fingerprint density at radius 1 is 1.10 bits per heavy atom. The zero-order valence-corrected chi connectivity index (χ0v) is 20.4. The molecule has 0 aliphatic heterocycles. The fourth-order valence-corrected chi connectivity index (χ4v) is 3.80. The summed E-state index contributed by atoms with van der Waals surface area (Å²) in [6.07, 6.45) is 0.899. The number of halogens is 1. The van der Waals surface area contributed by atoms with Crippen molar-refractivity contribution in [2.45, 2.75) is 71.4 Å². The molecule has 0 aliphatic carbocycles. The molecule has 0 unspecified atom stereocenters. The number of carbonyl (C=O) groups is 1. The van der Waals surface area contributed by atoms with Crippen LogP contribution in [-0.2, 0) is 14.0 Å². The minimum absolute atomic E-state index is 0.0405. The molecule has 1 aromatic carbocycles. The molecule has 0 saturated carbocycles. The topological polar surface area (TPSA) is 57.7 Å². The number of esters is 1. The maximum Gasteiger partial charge on any atom is 0.338 e. The van der Waals surface area contributed by atoms with Gasteiger partial charge in [0.1, 0.15) is 23.1 Å². The van der Waals surface area contributed by atoms with Gasteiger partial charge >= 0.3 is 5.97 Å². The molecule has 0 spiro atoms. The Morgan fingerprint density at radius 3 is 2.34 bits per heavy atom. The van der Waals surface area contributed by atoms with Crippen molar-refractivity contribution in [1.29, 1.82) is 0 Å². The predicted octanol–water partition coefficient (Wildman–Crippen LogP) is 6.00. The van der Waals surface area contributed by atoms with Gasteiger partial charge in [-0.25, -0.2) is 9.78 Å². The number of hydrogen-bond acceptors (Lipinski definition) is 5. The van der Waals surface area contributed by atoms with Crippen molar-refractivity contribution in [2.24, 2.45) is 0 Å². The van der Waals surface area contributed by atoms with Crippen LogP contribution in [0.4, 0.5) is 0 Å². The van der Waals surface area contributed by atoms with Crippen LogP contribution in [0.1, 0.15) is 41.5 Å². The zero-order chi connectivity index (χ0) is 22.0. The number of carbonyl (C=O) groups excluding carboxylic acids is 1. The maximum absolute atomic E-state index is 12.8. The molecule has 2 rings (SSSR count). The molecule has 7 heteroatoms. The van der Waals surface area contributed by atoms with Gasteiger partial charge in [0.25, 0.3) is 0 Å². The lowest BCUT2D eigenvalue weighted by Gasteiger charge is -2.39. The van der Waals surface area contributed by atoms with Gasteiger partial charge in [0.05, 0.1) is 0 Å². The Labute approximate surface area is 179 Å². The second kappa shape index (κ2) is 8.62. The van der Waals surface area contributed by atoms with Crippen LogP contribution in [0.25, 0.3) is 10.8 Å². The maximum atomic E-state index is 12.8. The highest BCUT2D eigenvalue weighted by atomic mass is 35.5. The Morgan fingerprint density at radius 2 is 1.76 bits per heavy atom. The van der Waals surface area contributed by atoms with Crippen molar-refractivity contribution in [2.75, 3.05) is 6.61 Å². The molecule has 0 radical (unpaired) electrons. The van der Waals surface area contributed by atoms with Gasteiger partial charge in [-0.3, -0.25) is 0 Å². The number of nitrogens with zero attached hydrogens (tertiary/aromatic N) is 1. The standard InChI is InChI=1S/C22H32ClNO4Si/c1-21(2,3)27-20(25)18(28-29(7,8)22(4,5)6)14-26-17-10-9-15-12-19(23)24-13-16(15)11-17/h9-13,18H,14H2,1-8H3/t18-/m1/s1. The summed E-state index contributed by atoms with van der Waals surface area (Å²) in [5.41, 5.74) is -0.597. The fourth-order valence-electron chi connectivity index (χ4n) is 2.40. The van der Waals surface area contributed by atoms with Crippen LogP contribution in [0.3, 0.4) is 0 Å². The highest BCUT2D eigenvalue weighted by molar-refractivity contribution is 6.74. The molecular weight excluding hydrogens is 406 g/mol. The van der Waals surface area contributed by atoms with Crippen molar-refractivity contribution in [1.82, 2.24) is 4.98 Å². The first-order valence-electron chi connectivity index (χ1n) is 9.77. The Kier molecular flexibility index (Phi) is 7.03. The van der Waals surface area contributed by atoms with E-state index < -0.39 is 26.0 Å². The number of hydrogen-bond donors (Lipinski definition) is 0. The quantitative estimate of drug-likeness (QED) is 0.315. The van der Waals surface area contributed by atoms with Crippen molar-refractivity contribution in [3.8, 4) is 5.75 Å². The monoisotopic (exact) mass is 437 g/mol. The SMILES string of the molecule is CC(C)(C)OC(=O)[C@@H](COc1ccc2cc(Cl)ncc2c1)O[Si](C)(C)C(C)(C)C. The third kappa shape index (κ3) is 6.69. The smallest absolute Gasteiger partial charge is 0.338 e. The van der Waals surface area contributed by atoms with Crippen LogP contribution in [0.2, 0.25) is 23.3 Å². The van der Waals surface area contributed by atoms with E-state index in [-0.39, 0.29) is 11.6 Å². The van der Waals surface area contributed by atoms with Gasteiger partial charge in [0, 0.05) is 11.6 Å². The molecule has 0 bridgehead atoms. The number of pyridine rings is 1. The van der Waals surface area contributed by atoms with E-state index in [1.807, 2.05) is 39.0 Å². The summed E-state index contributed by atoms with van der Waals surface area (Å²) in [7, 11) is -2.20. The van der Waals surface area contributed by atoms with E-state index in [1.165, 1.54) is 0 Å². The number of aromatic nitrogens is 1. The molecule has 160 valence electrons. The first kappa shape index (κ1) is 23.6. The molecule has 0 fully saturated rings. The van der Waals surface area contributed by atoms with E-state index in [2.05, 4.69) is 38.8 Å². The number of rotatable bonds is 6. The molecule has 2 aromatic rings. The van der Waals surface area contributed by atoms with Gasteiger partial charge in [-0.05, 0) is 62.5 Å². The van der Waals surface area contributed by atoms with Gasteiger partial charge < -0.3 is 13.9 Å². The molecule has 5 nitrogen and oxygen atoms in total. The van der Waals surface area contributed by atoms with Crippen molar-refractivity contribution < 1.29 is 18.7 Å². The van der Waals surface area contributed by atoms with E-state index in [0.29, 0.717) is 10.9 Å². The summed E-state index contributed by atoms with van der Waals surface area (Å²) < 4.78 is 17.9. The van der Waals surface area contributed by atoms with Crippen LogP contribution in [0, 0.1) is 0 Å². The average Bonchev–Trinajstić information content (AvgIpc) is 2.55. The summed E-state index contributed by atoms with van der Waals surface area (Å²) >= 11 is 5.94. The normalized spacial score (nSPS) is 14.0. The summed E-state index contributed by atoms with van der Waals surface area (Å²) in [5, 5.41) is 2.28. The Balaban J connectivity index is 2.20. The molecule has 0 amide bonds. The van der Waals surface area contributed by atoms with Crippen molar-refractivity contribution in [3.05, 3.63) is 35.6 Å². The summed E-state index contributed by atoms with van der Waals surface area (Å²) in [6, 6.07) is 7.43.